The van der Waals surface area contributed by atoms with E-state index in [1.165, 1.54) is 12.1 Å². The number of ether oxygens (including phenoxy) is 2. The van der Waals surface area contributed by atoms with Crippen molar-refractivity contribution in [1.29, 1.82) is 0 Å². The Kier molecular flexibility index (Phi) is 4.41. The highest BCUT2D eigenvalue weighted by Crippen LogP contribution is 2.33. The molecule has 4 N–H and O–H groups in total. The molecule has 2 heterocycles. The van der Waals surface area contributed by atoms with E-state index >= 15 is 0 Å². The molecule has 0 radical (unpaired) electrons. The topological polar surface area (TPSA) is 87.1 Å². The van der Waals surface area contributed by atoms with E-state index in [9.17, 15) is 9.50 Å². The van der Waals surface area contributed by atoms with Gasteiger partial charge in [0.15, 0.2) is 23.2 Å². The minimum absolute atomic E-state index is 0.0620. The van der Waals surface area contributed by atoms with Crippen LogP contribution in [0.25, 0.3) is 0 Å². The van der Waals surface area contributed by atoms with E-state index in [1.54, 1.807) is 30.3 Å². The Morgan fingerprint density at radius 2 is 1.93 bits per heavy atom. The summed E-state index contributed by atoms with van der Waals surface area (Å²) in [5.74, 6) is 0.593. The van der Waals surface area contributed by atoms with Gasteiger partial charge in [0.2, 0.25) is 0 Å². The minimum Gasteiger partial charge on any atom is -0.508 e. The smallest absolute Gasteiger partial charge is 0.288 e. The van der Waals surface area contributed by atoms with Crippen LogP contribution in [0.15, 0.2) is 59.5 Å². The van der Waals surface area contributed by atoms with Crippen molar-refractivity contribution in [2.45, 2.75) is 5.25 Å². The highest BCUT2D eigenvalue weighted by atomic mass is 35.5. The first-order valence-electron chi connectivity index (χ1n) is 8.17. The molecule has 0 aliphatic carbocycles. The molecule has 2 aliphatic rings. The Morgan fingerprint density at radius 3 is 2.74 bits per heavy atom. The molecule has 2 aromatic carbocycles. The van der Waals surface area contributed by atoms with Crippen LogP contribution in [0, 0.1) is 0 Å². The summed E-state index contributed by atoms with van der Waals surface area (Å²) in [6.07, 6.45) is 1.11. The number of hydrogen-bond acceptors (Lipinski definition) is 7. The zero-order valence-corrected chi connectivity index (χ0v) is 14.8. The summed E-state index contributed by atoms with van der Waals surface area (Å²) < 4.78 is 25.2. The lowest BCUT2D eigenvalue weighted by atomic mass is 10.2. The maximum Gasteiger partial charge on any atom is 0.288 e. The van der Waals surface area contributed by atoms with E-state index in [-0.39, 0.29) is 11.6 Å². The summed E-state index contributed by atoms with van der Waals surface area (Å²) in [6.45, 7) is 0.944. The first kappa shape index (κ1) is 17.3. The molecule has 0 amide bonds. The zero-order valence-electron chi connectivity index (χ0n) is 14.0. The Labute approximate surface area is 159 Å². The van der Waals surface area contributed by atoms with Gasteiger partial charge in [-0.25, -0.2) is 9.38 Å². The first-order valence-corrected chi connectivity index (χ1v) is 8.55. The molecule has 0 saturated carbocycles. The predicted octanol–water partition coefficient (Wildman–Crippen LogP) is 3.35. The summed E-state index contributed by atoms with van der Waals surface area (Å²) >= 11 is 6.42. The molecule has 1 unspecified atom stereocenters. The highest BCUT2D eigenvalue weighted by Gasteiger charge is 2.31. The number of nitrogens with one attached hydrogen (secondary N) is 3. The van der Waals surface area contributed by atoms with Gasteiger partial charge in [-0.05, 0) is 35.9 Å². The Morgan fingerprint density at radius 1 is 1.11 bits per heavy atom. The maximum absolute atomic E-state index is 14.2. The van der Waals surface area contributed by atoms with Crippen LogP contribution in [0.4, 0.5) is 15.8 Å². The predicted molar refractivity (Wildman–Crippen MR) is 101 cm³/mol. The van der Waals surface area contributed by atoms with Crippen LogP contribution in [0.1, 0.15) is 0 Å². The number of benzene rings is 2. The van der Waals surface area contributed by atoms with E-state index in [1.807, 2.05) is 0 Å². The number of phenols is 1. The van der Waals surface area contributed by atoms with Crippen LogP contribution in [-0.2, 0) is 0 Å². The molecule has 1 atom stereocenters. The van der Waals surface area contributed by atoms with Gasteiger partial charge in [-0.15, -0.1) is 0 Å². The van der Waals surface area contributed by atoms with Crippen molar-refractivity contribution in [1.82, 2.24) is 5.32 Å². The van der Waals surface area contributed by atoms with Crippen LogP contribution >= 0.6 is 11.6 Å². The number of aliphatic imine (C=N–C) groups is 1. The number of phenolic OH excluding ortho intramolecular Hbond substituents is 1. The summed E-state index contributed by atoms with van der Waals surface area (Å²) in [7, 11) is 0. The number of hydrogen-bond donors (Lipinski definition) is 4. The number of rotatable bonds is 3. The number of alkyl halides is 1. The largest absolute Gasteiger partial charge is 0.508 e. The van der Waals surface area contributed by atoms with Gasteiger partial charge in [0.25, 0.3) is 5.25 Å². The quantitative estimate of drug-likeness (QED) is 0.475. The lowest BCUT2D eigenvalue weighted by molar-refractivity contribution is 0.171. The van der Waals surface area contributed by atoms with Gasteiger partial charge >= 0.3 is 0 Å². The number of halogens is 2. The lowest BCUT2D eigenvalue weighted by Gasteiger charge is -2.29. The fourth-order valence-electron chi connectivity index (χ4n) is 2.65. The molecule has 0 spiro atoms. The van der Waals surface area contributed by atoms with E-state index in [4.69, 9.17) is 21.1 Å². The number of fused-ring (bicyclic) bond motifs is 1. The molecule has 2 aliphatic heterocycles. The summed E-state index contributed by atoms with van der Waals surface area (Å²) in [5, 5.41) is 16.5. The molecule has 27 heavy (non-hydrogen) atoms. The highest BCUT2D eigenvalue weighted by molar-refractivity contribution is 6.26. The zero-order chi connectivity index (χ0) is 18.9. The van der Waals surface area contributed by atoms with Gasteiger partial charge < -0.3 is 30.5 Å². The maximum atomic E-state index is 14.2. The Balaban J connectivity index is 1.56. The molecule has 9 heteroatoms. The van der Waals surface area contributed by atoms with Crippen molar-refractivity contribution >= 4 is 28.8 Å². The van der Waals surface area contributed by atoms with Crippen LogP contribution in [0.2, 0.25) is 0 Å². The average Bonchev–Trinajstić information content (AvgIpc) is 2.65. The molecule has 0 saturated heterocycles. The third-order valence-corrected chi connectivity index (χ3v) is 4.13. The molecular weight excluding hydrogens is 375 g/mol. The van der Waals surface area contributed by atoms with Crippen LogP contribution in [0.3, 0.4) is 0 Å². The van der Waals surface area contributed by atoms with Gasteiger partial charge in [-0.2, -0.15) is 0 Å². The van der Waals surface area contributed by atoms with Gasteiger partial charge in [-0.3, -0.25) is 0 Å². The lowest BCUT2D eigenvalue weighted by Crippen LogP contribution is -2.46. The van der Waals surface area contributed by atoms with E-state index in [0.717, 1.165) is 6.20 Å². The van der Waals surface area contributed by atoms with Gasteiger partial charge in [0.05, 0.1) is 0 Å². The molecular formula is C18H16ClFN4O3. The number of aromatic hydroxyl groups is 1. The number of anilines is 2. The molecule has 0 fully saturated rings. The van der Waals surface area contributed by atoms with Crippen molar-refractivity contribution in [2.24, 2.45) is 4.99 Å². The first-order chi connectivity index (χ1) is 13.0. The van der Waals surface area contributed by atoms with Crippen molar-refractivity contribution in [3.8, 4) is 17.2 Å². The number of nitrogens with zero attached hydrogens (tertiary/aromatic N) is 1. The summed E-state index contributed by atoms with van der Waals surface area (Å²) in [4.78, 5) is 4.18. The third-order valence-electron chi connectivity index (χ3n) is 3.84. The monoisotopic (exact) mass is 390 g/mol. The second-order valence-electron chi connectivity index (χ2n) is 5.88. The Hall–Kier alpha value is -3.13. The third kappa shape index (κ3) is 3.85. The second kappa shape index (κ2) is 6.88. The van der Waals surface area contributed by atoms with E-state index in [0.29, 0.717) is 36.1 Å². The molecule has 4 rings (SSSR count). The minimum atomic E-state index is -1.53. The van der Waals surface area contributed by atoms with Gasteiger partial charge in [0.1, 0.15) is 19.0 Å². The van der Waals surface area contributed by atoms with Gasteiger partial charge in [0, 0.05) is 29.7 Å². The molecule has 140 valence electrons. The molecule has 0 bridgehead atoms. The second-order valence-corrected chi connectivity index (χ2v) is 6.42. The summed E-state index contributed by atoms with van der Waals surface area (Å²) in [5.41, 5.74) is 1.08. The fourth-order valence-corrected chi connectivity index (χ4v) is 2.90. The molecule has 7 nitrogen and oxygen atoms in total. The van der Waals surface area contributed by atoms with Crippen LogP contribution in [-0.4, -0.2) is 29.4 Å². The van der Waals surface area contributed by atoms with Crippen LogP contribution < -0.4 is 25.4 Å². The standard InChI is InChI=1S/C18H16ClFN4O3/c19-18(23-12-2-1-3-13(25)8-12)21-10-14(20)17(24-18)22-11-4-5-15-16(9-11)27-7-6-26-15/h1-5,8-10,21,23,25H,6-7H2,(H,22,24). The SMILES string of the molecule is Oc1cccc(NC2(Cl)N=C(Nc3ccc4c(c3)OCCO4)C(F)=CN2)c1. The van der Waals surface area contributed by atoms with Crippen molar-refractivity contribution < 1.29 is 19.0 Å². The van der Waals surface area contributed by atoms with Crippen LogP contribution in [0.5, 0.6) is 17.2 Å². The molecule has 0 aromatic heterocycles. The number of amidine groups is 1. The summed E-state index contributed by atoms with van der Waals surface area (Å²) in [6, 6.07) is 11.5. The van der Waals surface area contributed by atoms with E-state index in [2.05, 4.69) is 20.9 Å². The van der Waals surface area contributed by atoms with Gasteiger partial charge in [-0.1, -0.05) is 6.07 Å². The van der Waals surface area contributed by atoms with Crippen molar-refractivity contribution in [3.05, 3.63) is 54.5 Å². The van der Waals surface area contributed by atoms with Crippen molar-refractivity contribution in [3.63, 3.8) is 0 Å². The fraction of sp³-hybridized carbons (Fsp3) is 0.167. The normalized spacial score (nSPS) is 20.8. The Bertz CT molecular complexity index is 937. The average molecular weight is 391 g/mol. The molecule has 2 aromatic rings. The van der Waals surface area contributed by atoms with Crippen molar-refractivity contribution in [2.75, 3.05) is 23.8 Å². The van der Waals surface area contributed by atoms with E-state index < -0.39 is 11.1 Å².